The van der Waals surface area contributed by atoms with E-state index in [1.165, 1.54) is 6.33 Å². The van der Waals surface area contributed by atoms with Crippen LogP contribution in [0.2, 0.25) is 0 Å². The molecule has 1 N–H and O–H groups in total. The third-order valence-electron chi connectivity index (χ3n) is 4.48. The van der Waals surface area contributed by atoms with E-state index in [1.807, 2.05) is 26.0 Å². The molecule has 2 heterocycles. The first kappa shape index (κ1) is 18.8. The first-order chi connectivity index (χ1) is 13.1. The maximum absolute atomic E-state index is 12.9. The smallest absolute Gasteiger partial charge is 0.338 e. The third kappa shape index (κ3) is 3.60. The topological polar surface area (TPSA) is 87.5 Å². The van der Waals surface area contributed by atoms with Gasteiger partial charge in [0.2, 0.25) is 5.95 Å². The number of nitrogens with zero attached hydrogens (tertiary/aromatic N) is 3. The zero-order valence-corrected chi connectivity index (χ0v) is 16.0. The molecule has 1 aliphatic rings. The number of anilines is 1. The highest BCUT2D eigenvalue weighted by Crippen LogP contribution is 2.40. The summed E-state index contributed by atoms with van der Waals surface area (Å²) in [5.74, 6) is 1.43. The fourth-order valence-electron chi connectivity index (χ4n) is 3.07. The van der Waals surface area contributed by atoms with E-state index in [9.17, 15) is 4.79 Å². The van der Waals surface area contributed by atoms with Gasteiger partial charge in [0.1, 0.15) is 23.9 Å². The molecule has 27 heavy (non-hydrogen) atoms. The Kier molecular flexibility index (Phi) is 5.63. The zero-order chi connectivity index (χ0) is 19.4. The summed E-state index contributed by atoms with van der Waals surface area (Å²) < 4.78 is 18.0. The number of esters is 1. The lowest BCUT2D eigenvalue weighted by Gasteiger charge is -2.29. The minimum atomic E-state index is -0.515. The third-order valence-corrected chi connectivity index (χ3v) is 4.48. The summed E-state index contributed by atoms with van der Waals surface area (Å²) in [7, 11) is 3.17. The van der Waals surface area contributed by atoms with Crippen molar-refractivity contribution >= 4 is 11.9 Å². The molecule has 8 heteroatoms. The van der Waals surface area contributed by atoms with Crippen molar-refractivity contribution in [2.24, 2.45) is 0 Å². The second-order valence-electron chi connectivity index (χ2n) is 6.19. The molecule has 1 unspecified atom stereocenters. The van der Waals surface area contributed by atoms with E-state index in [4.69, 9.17) is 14.2 Å². The molecule has 0 bridgehead atoms. The summed E-state index contributed by atoms with van der Waals surface area (Å²) >= 11 is 0. The molecule has 0 saturated heterocycles. The van der Waals surface area contributed by atoms with Gasteiger partial charge in [0.25, 0.3) is 0 Å². The zero-order valence-electron chi connectivity index (χ0n) is 16.0. The van der Waals surface area contributed by atoms with Crippen molar-refractivity contribution in [3.05, 3.63) is 41.4 Å². The van der Waals surface area contributed by atoms with Gasteiger partial charge in [0.15, 0.2) is 0 Å². The molecule has 3 rings (SSSR count). The molecule has 0 aliphatic carbocycles. The maximum Gasteiger partial charge on any atom is 0.338 e. The largest absolute Gasteiger partial charge is 0.497 e. The maximum atomic E-state index is 12.9. The Morgan fingerprint density at radius 2 is 2.11 bits per heavy atom. The monoisotopic (exact) mass is 372 g/mol. The van der Waals surface area contributed by atoms with Gasteiger partial charge in [-0.3, -0.25) is 0 Å². The SMILES string of the molecule is CCCCOC(=O)C1=C(C)Nc2ncnn2C1c1ccc(OC)cc1OC. The lowest BCUT2D eigenvalue weighted by atomic mass is 9.95. The fraction of sp³-hybridized carbons (Fsp3) is 0.421. The van der Waals surface area contributed by atoms with E-state index in [0.717, 1.165) is 18.4 Å². The van der Waals surface area contributed by atoms with Gasteiger partial charge in [-0.2, -0.15) is 10.1 Å². The second-order valence-corrected chi connectivity index (χ2v) is 6.19. The Labute approximate surface area is 158 Å². The number of benzene rings is 1. The molecular weight excluding hydrogens is 348 g/mol. The number of carbonyl (C=O) groups is 1. The van der Waals surface area contributed by atoms with Gasteiger partial charge in [0.05, 0.1) is 26.4 Å². The lowest BCUT2D eigenvalue weighted by molar-refractivity contribution is -0.139. The molecule has 0 spiro atoms. The average molecular weight is 372 g/mol. The van der Waals surface area contributed by atoms with E-state index in [0.29, 0.717) is 35.3 Å². The van der Waals surface area contributed by atoms with Gasteiger partial charge < -0.3 is 19.5 Å². The van der Waals surface area contributed by atoms with Crippen molar-refractivity contribution < 1.29 is 19.0 Å². The number of methoxy groups -OCH3 is 2. The van der Waals surface area contributed by atoms with Crippen molar-refractivity contribution in [1.29, 1.82) is 0 Å². The number of ether oxygens (including phenoxy) is 3. The van der Waals surface area contributed by atoms with Gasteiger partial charge >= 0.3 is 5.97 Å². The molecule has 1 aromatic heterocycles. The standard InChI is InChI=1S/C19H24N4O4/c1-5-6-9-27-18(24)16-12(2)22-19-20-11-21-23(19)17(16)14-8-7-13(25-3)10-15(14)26-4/h7-8,10-11,17H,5-6,9H2,1-4H3,(H,20,21,22). The number of fused-ring (bicyclic) bond motifs is 1. The molecule has 0 radical (unpaired) electrons. The molecule has 2 aromatic rings. The van der Waals surface area contributed by atoms with E-state index < -0.39 is 6.04 Å². The van der Waals surface area contributed by atoms with Crippen LogP contribution in [0.15, 0.2) is 35.8 Å². The van der Waals surface area contributed by atoms with Crippen LogP contribution in [0.3, 0.4) is 0 Å². The number of aromatic nitrogens is 3. The van der Waals surface area contributed by atoms with Crippen LogP contribution in [0.5, 0.6) is 11.5 Å². The number of nitrogens with one attached hydrogen (secondary N) is 1. The molecule has 1 atom stereocenters. The van der Waals surface area contributed by atoms with Gasteiger partial charge in [-0.1, -0.05) is 13.3 Å². The highest BCUT2D eigenvalue weighted by Gasteiger charge is 2.36. The fourth-order valence-corrected chi connectivity index (χ4v) is 3.07. The molecule has 0 amide bonds. The Bertz CT molecular complexity index is 859. The van der Waals surface area contributed by atoms with Gasteiger partial charge in [0, 0.05) is 17.3 Å². The lowest BCUT2D eigenvalue weighted by Crippen LogP contribution is -2.30. The molecule has 1 aliphatic heterocycles. The molecule has 1 aromatic carbocycles. The number of carbonyl (C=O) groups excluding carboxylic acids is 1. The summed E-state index contributed by atoms with van der Waals surface area (Å²) in [5, 5.41) is 7.43. The van der Waals surface area contributed by atoms with Crippen LogP contribution >= 0.6 is 0 Å². The first-order valence-corrected chi connectivity index (χ1v) is 8.87. The number of hydrogen-bond donors (Lipinski definition) is 1. The van der Waals surface area contributed by atoms with Crippen LogP contribution < -0.4 is 14.8 Å². The molecule has 144 valence electrons. The van der Waals surface area contributed by atoms with Gasteiger partial charge in [-0.25, -0.2) is 9.48 Å². The van der Waals surface area contributed by atoms with Crippen molar-refractivity contribution in [3.8, 4) is 11.5 Å². The summed E-state index contributed by atoms with van der Waals surface area (Å²) in [6.07, 6.45) is 3.22. The van der Waals surface area contributed by atoms with Crippen LogP contribution in [0, 0.1) is 0 Å². The minimum absolute atomic E-state index is 0.377. The molecule has 0 saturated carbocycles. The van der Waals surface area contributed by atoms with E-state index in [1.54, 1.807) is 25.0 Å². The molecular formula is C19H24N4O4. The summed E-state index contributed by atoms with van der Waals surface area (Å²) in [6, 6.07) is 4.96. The van der Waals surface area contributed by atoms with Crippen LogP contribution in [-0.4, -0.2) is 41.6 Å². The van der Waals surface area contributed by atoms with Crippen molar-refractivity contribution in [2.45, 2.75) is 32.7 Å². The second kappa shape index (κ2) is 8.11. The molecule has 8 nitrogen and oxygen atoms in total. The summed E-state index contributed by atoms with van der Waals surface area (Å²) in [5.41, 5.74) is 1.93. The van der Waals surface area contributed by atoms with Crippen molar-refractivity contribution in [2.75, 3.05) is 26.1 Å². The normalized spacial score (nSPS) is 15.8. The van der Waals surface area contributed by atoms with Crippen LogP contribution in [-0.2, 0) is 9.53 Å². The molecule has 0 fully saturated rings. The van der Waals surface area contributed by atoms with E-state index in [-0.39, 0.29) is 5.97 Å². The van der Waals surface area contributed by atoms with Crippen LogP contribution in [0.4, 0.5) is 5.95 Å². The summed E-state index contributed by atoms with van der Waals surface area (Å²) in [4.78, 5) is 17.1. The van der Waals surface area contributed by atoms with Gasteiger partial charge in [-0.05, 0) is 25.5 Å². The quantitative estimate of drug-likeness (QED) is 0.590. The number of unbranched alkanes of at least 4 members (excludes halogenated alkanes) is 1. The van der Waals surface area contributed by atoms with Crippen LogP contribution in [0.1, 0.15) is 38.3 Å². The van der Waals surface area contributed by atoms with E-state index >= 15 is 0 Å². The highest BCUT2D eigenvalue weighted by molar-refractivity contribution is 5.92. The van der Waals surface area contributed by atoms with Crippen molar-refractivity contribution in [1.82, 2.24) is 14.8 Å². The highest BCUT2D eigenvalue weighted by atomic mass is 16.5. The van der Waals surface area contributed by atoms with Crippen molar-refractivity contribution in [3.63, 3.8) is 0 Å². The Morgan fingerprint density at radius 1 is 1.30 bits per heavy atom. The predicted molar refractivity (Wildman–Crippen MR) is 99.9 cm³/mol. The average Bonchev–Trinajstić information content (AvgIpc) is 3.14. The predicted octanol–water partition coefficient (Wildman–Crippen LogP) is 2.93. The Balaban J connectivity index is 2.08. The van der Waals surface area contributed by atoms with Gasteiger partial charge in [-0.15, -0.1) is 0 Å². The first-order valence-electron chi connectivity index (χ1n) is 8.87. The van der Waals surface area contributed by atoms with E-state index in [2.05, 4.69) is 15.4 Å². The number of rotatable bonds is 7. The Hall–Kier alpha value is -3.03. The summed E-state index contributed by atoms with van der Waals surface area (Å²) in [6.45, 7) is 4.26. The number of hydrogen-bond acceptors (Lipinski definition) is 7. The van der Waals surface area contributed by atoms with Crippen LogP contribution in [0.25, 0.3) is 0 Å². The minimum Gasteiger partial charge on any atom is -0.497 e. The Morgan fingerprint density at radius 3 is 2.81 bits per heavy atom. The number of allylic oxidation sites excluding steroid dienone is 1.